The fourth-order valence-corrected chi connectivity index (χ4v) is 5.58. The number of Topliss-reactive ketones (excluding diaryl/α,β-unsaturated/α-hetero) is 1. The van der Waals surface area contributed by atoms with Crippen LogP contribution in [0.25, 0.3) is 0 Å². The molecule has 0 aliphatic carbocycles. The molecular weight excluding hydrogens is 394 g/mol. The van der Waals surface area contributed by atoms with Gasteiger partial charge in [0.1, 0.15) is 5.75 Å². The third-order valence-electron chi connectivity index (χ3n) is 5.25. The normalized spacial score (nSPS) is 17.8. The minimum absolute atomic E-state index is 0.0102. The molecule has 0 N–H and O–H groups in total. The van der Waals surface area contributed by atoms with Gasteiger partial charge in [-0.2, -0.15) is 0 Å². The highest BCUT2D eigenvalue weighted by Gasteiger charge is 2.31. The lowest BCUT2D eigenvalue weighted by atomic mass is 10.1. The van der Waals surface area contributed by atoms with Gasteiger partial charge < -0.3 is 14.0 Å². The number of nitrogens with zero attached hydrogens (tertiary/aromatic N) is 1. The van der Waals surface area contributed by atoms with E-state index in [-0.39, 0.29) is 36.4 Å². The summed E-state index contributed by atoms with van der Waals surface area (Å²) in [5.74, 6) is 0.0201. The Morgan fingerprint density at radius 1 is 1.21 bits per heavy atom. The van der Waals surface area contributed by atoms with Crippen LogP contribution in [0.2, 0.25) is 0 Å². The van der Waals surface area contributed by atoms with Crippen molar-refractivity contribution in [3.05, 3.63) is 52.8 Å². The third kappa shape index (κ3) is 4.70. The lowest BCUT2D eigenvalue weighted by Crippen LogP contribution is -2.17. The minimum atomic E-state index is -3.03. The molecule has 1 aliphatic rings. The van der Waals surface area contributed by atoms with E-state index < -0.39 is 15.8 Å². The summed E-state index contributed by atoms with van der Waals surface area (Å²) in [6, 6.07) is 8.71. The van der Waals surface area contributed by atoms with E-state index >= 15 is 0 Å². The molecule has 2 aromatic rings. The zero-order chi connectivity index (χ0) is 21.2. The molecule has 1 unspecified atom stereocenters. The molecular formula is C21H25NO6S. The number of rotatable bonds is 7. The van der Waals surface area contributed by atoms with Crippen LogP contribution < -0.4 is 4.74 Å². The summed E-state index contributed by atoms with van der Waals surface area (Å²) in [7, 11) is -1.50. The number of aryl methyl sites for hydroxylation is 1. The van der Waals surface area contributed by atoms with Gasteiger partial charge in [0.2, 0.25) is 5.78 Å². The van der Waals surface area contributed by atoms with E-state index in [1.54, 1.807) is 31.2 Å². The lowest BCUT2D eigenvalue weighted by Gasteiger charge is -2.16. The van der Waals surface area contributed by atoms with Crippen molar-refractivity contribution in [3.8, 4) is 5.75 Å². The van der Waals surface area contributed by atoms with E-state index in [2.05, 4.69) is 0 Å². The number of aromatic nitrogens is 1. The van der Waals surface area contributed by atoms with Crippen LogP contribution >= 0.6 is 0 Å². The lowest BCUT2D eigenvalue weighted by molar-refractivity contribution is -0.141. The Hall–Kier alpha value is -2.61. The van der Waals surface area contributed by atoms with Crippen molar-refractivity contribution in [1.82, 2.24) is 4.57 Å². The van der Waals surface area contributed by atoms with E-state index in [0.717, 1.165) is 5.69 Å². The maximum atomic E-state index is 12.6. The molecule has 1 aromatic heterocycles. The van der Waals surface area contributed by atoms with E-state index in [0.29, 0.717) is 29.0 Å². The third-order valence-corrected chi connectivity index (χ3v) is 7.00. The number of ether oxygens (including phenoxy) is 2. The molecule has 0 amide bonds. The van der Waals surface area contributed by atoms with Crippen LogP contribution in [0.5, 0.6) is 5.75 Å². The van der Waals surface area contributed by atoms with Crippen LogP contribution in [0, 0.1) is 13.8 Å². The van der Waals surface area contributed by atoms with E-state index in [1.807, 2.05) is 17.6 Å². The Morgan fingerprint density at radius 3 is 2.59 bits per heavy atom. The second-order valence-corrected chi connectivity index (χ2v) is 9.51. The molecule has 0 spiro atoms. The maximum Gasteiger partial charge on any atom is 0.310 e. The minimum Gasteiger partial charge on any atom is -0.496 e. The van der Waals surface area contributed by atoms with E-state index in [4.69, 9.17) is 9.47 Å². The van der Waals surface area contributed by atoms with Crippen LogP contribution in [0.15, 0.2) is 30.3 Å². The second-order valence-electron chi connectivity index (χ2n) is 7.28. The Labute approximate surface area is 170 Å². The topological polar surface area (TPSA) is 91.7 Å². The van der Waals surface area contributed by atoms with E-state index in [9.17, 15) is 18.0 Å². The largest absolute Gasteiger partial charge is 0.496 e. The van der Waals surface area contributed by atoms with Gasteiger partial charge in [0, 0.05) is 28.6 Å². The summed E-state index contributed by atoms with van der Waals surface area (Å²) in [4.78, 5) is 24.8. The Kier molecular flexibility index (Phi) is 6.12. The van der Waals surface area contributed by atoms with Gasteiger partial charge >= 0.3 is 5.97 Å². The molecule has 1 aromatic carbocycles. The second kappa shape index (κ2) is 8.41. The number of methoxy groups -OCH3 is 1. The summed E-state index contributed by atoms with van der Waals surface area (Å²) in [5.41, 5.74) is 2.67. The van der Waals surface area contributed by atoms with Gasteiger partial charge in [-0.25, -0.2) is 8.42 Å². The molecule has 1 fully saturated rings. The predicted molar refractivity (Wildman–Crippen MR) is 108 cm³/mol. The van der Waals surface area contributed by atoms with Gasteiger partial charge in [-0.05, 0) is 32.4 Å². The van der Waals surface area contributed by atoms with Crippen molar-refractivity contribution in [1.29, 1.82) is 0 Å². The first-order valence-corrected chi connectivity index (χ1v) is 11.2. The van der Waals surface area contributed by atoms with Crippen LogP contribution in [0.1, 0.15) is 39.8 Å². The number of benzene rings is 1. The predicted octanol–water partition coefficient (Wildman–Crippen LogP) is 2.44. The molecule has 2 heterocycles. The monoisotopic (exact) mass is 419 g/mol. The Bertz CT molecular complexity index is 1040. The van der Waals surface area contributed by atoms with Gasteiger partial charge in [0.05, 0.1) is 25.0 Å². The molecule has 29 heavy (non-hydrogen) atoms. The van der Waals surface area contributed by atoms with Crippen molar-refractivity contribution < 1.29 is 27.5 Å². The van der Waals surface area contributed by atoms with E-state index in [1.165, 1.54) is 7.11 Å². The van der Waals surface area contributed by atoms with Gasteiger partial charge in [0.15, 0.2) is 16.4 Å². The summed E-state index contributed by atoms with van der Waals surface area (Å²) < 4.78 is 35.9. The van der Waals surface area contributed by atoms with Gasteiger partial charge in [-0.15, -0.1) is 0 Å². The molecule has 0 bridgehead atoms. The quantitative estimate of drug-likeness (QED) is 0.506. The van der Waals surface area contributed by atoms with Crippen molar-refractivity contribution in [3.63, 3.8) is 0 Å². The molecule has 156 valence electrons. The molecule has 0 saturated carbocycles. The zero-order valence-electron chi connectivity index (χ0n) is 16.8. The number of hydrogen-bond acceptors (Lipinski definition) is 6. The number of sulfone groups is 1. The number of carbonyl (C=O) groups excluding carboxylic acids is 2. The molecule has 8 heteroatoms. The number of esters is 1. The average molecular weight is 419 g/mol. The standard InChI is InChI=1S/C21H25NO6S/c1-14-10-18(15(2)22(14)17-8-9-29(25,26)13-17)19(23)12-28-21(24)11-16-6-4-5-7-20(16)27-3/h4-7,10,17H,8-9,11-13H2,1-3H3. The first-order valence-electron chi connectivity index (χ1n) is 9.41. The molecule has 1 atom stereocenters. The Morgan fingerprint density at radius 2 is 1.93 bits per heavy atom. The fraction of sp³-hybridized carbons (Fsp3) is 0.429. The highest BCUT2D eigenvalue weighted by molar-refractivity contribution is 7.91. The van der Waals surface area contributed by atoms with Crippen LogP contribution in [0.4, 0.5) is 0 Å². The highest BCUT2D eigenvalue weighted by Crippen LogP contribution is 2.29. The van der Waals surface area contributed by atoms with Crippen molar-refractivity contribution in [2.24, 2.45) is 0 Å². The first kappa shape index (κ1) is 21.1. The van der Waals surface area contributed by atoms with Crippen LogP contribution in [-0.2, 0) is 25.8 Å². The Balaban J connectivity index is 1.65. The van der Waals surface area contributed by atoms with Crippen molar-refractivity contribution >= 4 is 21.6 Å². The summed E-state index contributed by atoms with van der Waals surface area (Å²) >= 11 is 0. The highest BCUT2D eigenvalue weighted by atomic mass is 32.2. The zero-order valence-corrected chi connectivity index (χ0v) is 17.6. The van der Waals surface area contributed by atoms with Crippen LogP contribution in [-0.4, -0.2) is 50.0 Å². The summed E-state index contributed by atoms with van der Waals surface area (Å²) in [5, 5.41) is 0. The van der Waals surface area contributed by atoms with Crippen molar-refractivity contribution in [2.45, 2.75) is 32.7 Å². The van der Waals surface area contributed by atoms with Gasteiger partial charge in [-0.1, -0.05) is 18.2 Å². The molecule has 3 rings (SSSR count). The van der Waals surface area contributed by atoms with Crippen molar-refractivity contribution in [2.75, 3.05) is 25.2 Å². The summed E-state index contributed by atoms with van der Waals surface area (Å²) in [6.07, 6.45) is 0.552. The SMILES string of the molecule is COc1ccccc1CC(=O)OCC(=O)c1cc(C)n(C2CCS(=O)(=O)C2)c1C. The number of hydrogen-bond donors (Lipinski definition) is 0. The molecule has 1 saturated heterocycles. The number of ketones is 1. The van der Waals surface area contributed by atoms with Gasteiger partial charge in [-0.3, -0.25) is 9.59 Å². The van der Waals surface area contributed by atoms with Gasteiger partial charge in [0.25, 0.3) is 0 Å². The number of carbonyl (C=O) groups is 2. The summed E-state index contributed by atoms with van der Waals surface area (Å²) in [6.45, 7) is 3.28. The smallest absolute Gasteiger partial charge is 0.310 e. The first-order chi connectivity index (χ1) is 13.7. The average Bonchev–Trinajstić information content (AvgIpc) is 3.18. The fourth-order valence-electron chi connectivity index (χ4n) is 3.88. The molecule has 1 aliphatic heterocycles. The molecule has 7 nitrogen and oxygen atoms in total. The number of para-hydroxylation sites is 1. The van der Waals surface area contributed by atoms with Crippen LogP contribution in [0.3, 0.4) is 0 Å². The maximum absolute atomic E-state index is 12.6. The molecule has 0 radical (unpaired) electrons.